The molecule has 1 amide bonds. The van der Waals surface area contributed by atoms with E-state index >= 15 is 0 Å². The zero-order chi connectivity index (χ0) is 19.4. The lowest BCUT2D eigenvalue weighted by Crippen LogP contribution is -2.59. The Morgan fingerprint density at radius 3 is 2.48 bits per heavy atom. The van der Waals surface area contributed by atoms with Gasteiger partial charge in [-0.15, -0.1) is 0 Å². The van der Waals surface area contributed by atoms with Gasteiger partial charge in [0.2, 0.25) is 5.91 Å². The fourth-order valence-electron chi connectivity index (χ4n) is 7.20. The van der Waals surface area contributed by atoms with Crippen molar-refractivity contribution in [2.45, 2.75) is 77.9 Å². The Labute approximate surface area is 162 Å². The Balaban J connectivity index is 1.31. The van der Waals surface area contributed by atoms with Gasteiger partial charge in [0.15, 0.2) is 0 Å². The van der Waals surface area contributed by atoms with E-state index in [0.29, 0.717) is 24.0 Å². The maximum Gasteiger partial charge on any atom is 0.241 e. The molecule has 27 heavy (non-hydrogen) atoms. The van der Waals surface area contributed by atoms with E-state index in [1.54, 1.807) is 0 Å². The molecule has 6 nitrogen and oxygen atoms in total. The van der Waals surface area contributed by atoms with Crippen molar-refractivity contribution in [2.75, 3.05) is 13.2 Å². The second kappa shape index (κ2) is 6.31. The summed E-state index contributed by atoms with van der Waals surface area (Å²) in [7, 11) is 0. The number of nitrogens with one attached hydrogen (secondary N) is 2. The highest BCUT2D eigenvalue weighted by Gasteiger charge is 2.60. The molecule has 0 unspecified atom stereocenters. The zero-order valence-corrected chi connectivity index (χ0v) is 17.2. The van der Waals surface area contributed by atoms with Gasteiger partial charge in [-0.25, -0.2) is 0 Å². The summed E-state index contributed by atoms with van der Waals surface area (Å²) in [6.07, 6.45) is 7.61. The highest BCUT2D eigenvalue weighted by Crippen LogP contribution is 2.67. The largest absolute Gasteiger partial charge is 0.373 e. The van der Waals surface area contributed by atoms with Crippen LogP contribution >= 0.6 is 0 Å². The van der Waals surface area contributed by atoms with E-state index in [0.717, 1.165) is 22.9 Å². The molecular formula is C21H34N4O2. The van der Waals surface area contributed by atoms with Crippen LogP contribution in [0.4, 0.5) is 0 Å². The molecule has 0 aliphatic heterocycles. The third kappa shape index (κ3) is 3.42. The summed E-state index contributed by atoms with van der Waals surface area (Å²) in [6, 6.07) is -0.693. The third-order valence-corrected chi connectivity index (χ3v) is 7.16. The smallest absolute Gasteiger partial charge is 0.241 e. The van der Waals surface area contributed by atoms with E-state index in [4.69, 9.17) is 10.5 Å². The van der Waals surface area contributed by atoms with Crippen molar-refractivity contribution in [1.82, 2.24) is 15.5 Å². The molecule has 3 atom stereocenters. The number of rotatable bonds is 6. The molecule has 4 aliphatic carbocycles. The molecule has 1 aromatic rings. The van der Waals surface area contributed by atoms with Gasteiger partial charge in [0.25, 0.3) is 0 Å². The van der Waals surface area contributed by atoms with Crippen LogP contribution in [0.1, 0.15) is 75.4 Å². The Morgan fingerprint density at radius 2 is 1.93 bits per heavy atom. The maximum atomic E-state index is 12.4. The van der Waals surface area contributed by atoms with Gasteiger partial charge in [-0.1, -0.05) is 13.8 Å². The zero-order valence-electron chi connectivity index (χ0n) is 17.2. The fraction of sp³-hybridized carbons (Fsp3) is 0.810. The first-order chi connectivity index (χ1) is 12.6. The molecule has 4 bridgehead atoms. The number of aryl methyl sites for hydroxylation is 2. The Hall–Kier alpha value is -1.40. The summed E-state index contributed by atoms with van der Waals surface area (Å²) in [5.74, 6) is 0.641. The number of aromatic nitrogens is 2. The standard InChI is InChI=1S/C21H34N4O2/c1-13-16(14(2)25-24-13)17(22)18(26)23-5-6-27-21-9-15-7-19(3,11-21)10-20(4,8-15)12-21/h15,17H,5-12,22H2,1-4H3,(H,23,26)(H,24,25)/t15?,17-,19+,20+,21?/m0/s1. The van der Waals surface area contributed by atoms with E-state index in [1.807, 2.05) is 13.8 Å². The second-order valence-corrected chi connectivity index (χ2v) is 10.3. The van der Waals surface area contributed by atoms with E-state index in [2.05, 4.69) is 29.4 Å². The summed E-state index contributed by atoms with van der Waals surface area (Å²) >= 11 is 0. The number of hydrogen-bond acceptors (Lipinski definition) is 4. The third-order valence-electron chi connectivity index (χ3n) is 7.16. The maximum absolute atomic E-state index is 12.4. The minimum Gasteiger partial charge on any atom is -0.373 e. The van der Waals surface area contributed by atoms with Gasteiger partial charge in [-0.3, -0.25) is 9.89 Å². The fourth-order valence-corrected chi connectivity index (χ4v) is 7.20. The molecule has 4 fully saturated rings. The first kappa shape index (κ1) is 18.9. The summed E-state index contributed by atoms with van der Waals surface area (Å²) in [5.41, 5.74) is 9.45. The van der Waals surface area contributed by atoms with E-state index in [1.165, 1.54) is 38.5 Å². The molecule has 1 heterocycles. The molecule has 150 valence electrons. The van der Waals surface area contributed by atoms with E-state index in [-0.39, 0.29) is 11.5 Å². The lowest BCUT2D eigenvalue weighted by molar-refractivity contribution is -0.213. The highest BCUT2D eigenvalue weighted by molar-refractivity contribution is 5.83. The Morgan fingerprint density at radius 1 is 1.26 bits per heavy atom. The molecular weight excluding hydrogens is 340 g/mol. The molecule has 0 aromatic carbocycles. The predicted octanol–water partition coefficient (Wildman–Crippen LogP) is 2.91. The second-order valence-electron chi connectivity index (χ2n) is 10.3. The van der Waals surface area contributed by atoms with Crippen LogP contribution in [0.25, 0.3) is 0 Å². The van der Waals surface area contributed by atoms with Gasteiger partial charge >= 0.3 is 0 Å². The molecule has 0 saturated heterocycles. The van der Waals surface area contributed by atoms with E-state index in [9.17, 15) is 4.79 Å². The summed E-state index contributed by atoms with van der Waals surface area (Å²) < 4.78 is 6.47. The number of hydrogen-bond donors (Lipinski definition) is 3. The number of H-pyrrole nitrogens is 1. The van der Waals surface area contributed by atoms with Crippen LogP contribution in [-0.4, -0.2) is 34.9 Å². The normalized spacial score (nSPS) is 38.2. The van der Waals surface area contributed by atoms with Gasteiger partial charge in [0.05, 0.1) is 17.9 Å². The molecule has 6 heteroatoms. The number of amides is 1. The van der Waals surface area contributed by atoms with Gasteiger partial charge in [-0.05, 0) is 69.1 Å². The van der Waals surface area contributed by atoms with Crippen LogP contribution in [0, 0.1) is 30.6 Å². The summed E-state index contributed by atoms with van der Waals surface area (Å²) in [4.78, 5) is 12.4. The lowest BCUT2D eigenvalue weighted by atomic mass is 9.43. The number of carbonyl (C=O) groups excluding carboxylic acids is 1. The molecule has 0 spiro atoms. The monoisotopic (exact) mass is 374 g/mol. The quantitative estimate of drug-likeness (QED) is 0.668. The number of nitrogens with two attached hydrogens (primary N) is 1. The molecule has 4 aliphatic rings. The Bertz CT molecular complexity index is 705. The van der Waals surface area contributed by atoms with Crippen LogP contribution in [0.3, 0.4) is 0 Å². The molecule has 5 rings (SSSR count). The number of aromatic amines is 1. The van der Waals surface area contributed by atoms with Crippen LogP contribution in [0.5, 0.6) is 0 Å². The van der Waals surface area contributed by atoms with Gasteiger partial charge in [0, 0.05) is 17.8 Å². The average Bonchev–Trinajstić information content (AvgIpc) is 2.86. The molecule has 1 aromatic heterocycles. The van der Waals surface area contributed by atoms with Crippen LogP contribution in [0.15, 0.2) is 0 Å². The van der Waals surface area contributed by atoms with Crippen molar-refractivity contribution in [2.24, 2.45) is 22.5 Å². The predicted molar refractivity (Wildman–Crippen MR) is 104 cm³/mol. The summed E-state index contributed by atoms with van der Waals surface area (Å²) in [5, 5.41) is 9.96. The first-order valence-electron chi connectivity index (χ1n) is 10.3. The van der Waals surface area contributed by atoms with E-state index < -0.39 is 6.04 Å². The van der Waals surface area contributed by atoms with Crippen molar-refractivity contribution in [3.05, 3.63) is 17.0 Å². The SMILES string of the molecule is Cc1n[nH]c(C)c1[C@H](N)C(=O)NCCOC12CC3C[C@@](C)(C1)C[C@@](C)(C3)C2. The van der Waals surface area contributed by atoms with Crippen molar-refractivity contribution in [1.29, 1.82) is 0 Å². The van der Waals surface area contributed by atoms with Crippen molar-refractivity contribution in [3.63, 3.8) is 0 Å². The van der Waals surface area contributed by atoms with Crippen molar-refractivity contribution in [3.8, 4) is 0 Å². The topological polar surface area (TPSA) is 93.0 Å². The van der Waals surface area contributed by atoms with Crippen LogP contribution < -0.4 is 11.1 Å². The molecule has 0 radical (unpaired) electrons. The number of carbonyl (C=O) groups is 1. The molecule has 4 N–H and O–H groups in total. The first-order valence-corrected chi connectivity index (χ1v) is 10.3. The van der Waals surface area contributed by atoms with Gasteiger partial charge < -0.3 is 15.8 Å². The Kier molecular flexibility index (Phi) is 4.43. The minimum absolute atomic E-state index is 0.0213. The minimum atomic E-state index is -0.693. The van der Waals surface area contributed by atoms with Crippen molar-refractivity contribution >= 4 is 5.91 Å². The lowest BCUT2D eigenvalue weighted by Gasteiger charge is -2.65. The van der Waals surface area contributed by atoms with Crippen LogP contribution in [-0.2, 0) is 9.53 Å². The summed E-state index contributed by atoms with van der Waals surface area (Å²) in [6.45, 7) is 9.71. The van der Waals surface area contributed by atoms with Gasteiger partial charge in [-0.2, -0.15) is 5.10 Å². The average molecular weight is 375 g/mol. The molecule has 4 saturated carbocycles. The number of nitrogens with zero attached hydrogens (tertiary/aromatic N) is 1. The van der Waals surface area contributed by atoms with Crippen LogP contribution in [0.2, 0.25) is 0 Å². The van der Waals surface area contributed by atoms with Crippen molar-refractivity contribution < 1.29 is 9.53 Å². The van der Waals surface area contributed by atoms with Gasteiger partial charge in [0.1, 0.15) is 6.04 Å². The number of ether oxygens (including phenoxy) is 1. The highest BCUT2D eigenvalue weighted by atomic mass is 16.5.